The Morgan fingerprint density at radius 3 is 2.74 bits per heavy atom. The lowest BCUT2D eigenvalue weighted by molar-refractivity contribution is 0.596. The van der Waals surface area contributed by atoms with E-state index in [1.54, 1.807) is 0 Å². The second-order valence-corrected chi connectivity index (χ2v) is 8.08. The quantitative estimate of drug-likeness (QED) is 0.915. The van der Waals surface area contributed by atoms with Crippen molar-refractivity contribution in [2.75, 3.05) is 11.5 Å². The molecular weight excluding hydrogens is 270 g/mol. The second kappa shape index (κ2) is 7.05. The molecule has 2 N–H and O–H groups in total. The third kappa shape index (κ3) is 3.93. The number of aryl methyl sites for hydroxylation is 2. The zero-order chi connectivity index (χ0) is 13.8. The van der Waals surface area contributed by atoms with E-state index in [4.69, 9.17) is 5.73 Å². The summed E-state index contributed by atoms with van der Waals surface area (Å²) in [7, 11) is 0. The number of nitrogens with two attached hydrogens (primary N) is 1. The Bertz CT molecular complexity index is 419. The molecule has 1 fully saturated rings. The number of hydrogen-bond donors (Lipinski definition) is 1. The highest BCUT2D eigenvalue weighted by molar-refractivity contribution is 8.07. The largest absolute Gasteiger partial charge is 0.326 e. The van der Waals surface area contributed by atoms with E-state index in [1.807, 2.05) is 0 Å². The molecule has 3 atom stereocenters. The van der Waals surface area contributed by atoms with Gasteiger partial charge in [-0.15, -0.1) is 0 Å². The standard InChI is InChI=1S/C16H25NS2/c1-4-15-16(19-8-7-18-15)14(17)10-13-9-11(2)5-6-12(13)3/h5-6,9,14-16H,4,7-8,10,17H2,1-3H3. The molecule has 0 radical (unpaired) electrons. The van der Waals surface area contributed by atoms with Crippen LogP contribution in [0.25, 0.3) is 0 Å². The Hall–Kier alpha value is -0.120. The first-order valence-corrected chi connectivity index (χ1v) is 9.26. The van der Waals surface area contributed by atoms with Crippen molar-refractivity contribution in [3.63, 3.8) is 0 Å². The van der Waals surface area contributed by atoms with Crippen LogP contribution in [0, 0.1) is 13.8 Å². The SMILES string of the molecule is CCC1SCCSC1C(N)Cc1cc(C)ccc1C. The Morgan fingerprint density at radius 1 is 1.26 bits per heavy atom. The highest BCUT2D eigenvalue weighted by Gasteiger charge is 2.30. The fourth-order valence-electron chi connectivity index (χ4n) is 2.73. The lowest BCUT2D eigenvalue weighted by Crippen LogP contribution is -2.43. The molecular formula is C16H25NS2. The number of benzene rings is 1. The zero-order valence-corrected chi connectivity index (χ0v) is 13.8. The van der Waals surface area contributed by atoms with Crippen LogP contribution >= 0.6 is 23.5 Å². The van der Waals surface area contributed by atoms with E-state index in [-0.39, 0.29) is 6.04 Å². The van der Waals surface area contributed by atoms with Crippen LogP contribution < -0.4 is 5.73 Å². The second-order valence-electron chi connectivity index (χ2n) is 5.45. The average Bonchev–Trinajstić information content (AvgIpc) is 2.42. The first-order valence-electron chi connectivity index (χ1n) is 7.16. The molecule has 1 heterocycles. The highest BCUT2D eigenvalue weighted by atomic mass is 32.2. The topological polar surface area (TPSA) is 26.0 Å². The predicted octanol–water partition coefficient (Wildman–Crippen LogP) is 3.80. The molecule has 19 heavy (non-hydrogen) atoms. The van der Waals surface area contributed by atoms with Crippen molar-refractivity contribution in [1.82, 2.24) is 0 Å². The normalized spacial score (nSPS) is 25.3. The van der Waals surface area contributed by atoms with E-state index in [0.29, 0.717) is 5.25 Å². The van der Waals surface area contributed by atoms with Crippen molar-refractivity contribution in [3.8, 4) is 0 Å². The fraction of sp³-hybridized carbons (Fsp3) is 0.625. The minimum absolute atomic E-state index is 0.281. The van der Waals surface area contributed by atoms with Gasteiger partial charge in [-0.3, -0.25) is 0 Å². The van der Waals surface area contributed by atoms with Crippen LogP contribution in [-0.4, -0.2) is 28.0 Å². The lowest BCUT2D eigenvalue weighted by atomic mass is 9.96. The van der Waals surface area contributed by atoms with Crippen LogP contribution in [0.5, 0.6) is 0 Å². The van der Waals surface area contributed by atoms with E-state index in [1.165, 1.54) is 34.6 Å². The number of hydrogen-bond acceptors (Lipinski definition) is 3. The van der Waals surface area contributed by atoms with Crippen molar-refractivity contribution in [3.05, 3.63) is 34.9 Å². The predicted molar refractivity (Wildman–Crippen MR) is 90.4 cm³/mol. The van der Waals surface area contributed by atoms with Crippen LogP contribution in [0.1, 0.15) is 30.0 Å². The monoisotopic (exact) mass is 295 g/mol. The van der Waals surface area contributed by atoms with Crippen LogP contribution in [0.3, 0.4) is 0 Å². The van der Waals surface area contributed by atoms with E-state index >= 15 is 0 Å². The molecule has 1 aliphatic rings. The zero-order valence-electron chi connectivity index (χ0n) is 12.2. The maximum absolute atomic E-state index is 6.53. The van der Waals surface area contributed by atoms with Crippen molar-refractivity contribution in [2.45, 2.75) is 50.2 Å². The van der Waals surface area contributed by atoms with E-state index < -0.39 is 0 Å². The van der Waals surface area contributed by atoms with Crippen molar-refractivity contribution < 1.29 is 0 Å². The van der Waals surface area contributed by atoms with Crippen molar-refractivity contribution in [2.24, 2.45) is 5.73 Å². The van der Waals surface area contributed by atoms with Gasteiger partial charge in [0.1, 0.15) is 0 Å². The smallest absolute Gasteiger partial charge is 0.0321 e. The van der Waals surface area contributed by atoms with Gasteiger partial charge in [-0.1, -0.05) is 30.7 Å². The Morgan fingerprint density at radius 2 is 2.00 bits per heavy atom. The summed E-state index contributed by atoms with van der Waals surface area (Å²) < 4.78 is 0. The third-order valence-corrected chi connectivity index (χ3v) is 7.30. The summed E-state index contributed by atoms with van der Waals surface area (Å²) in [5.41, 5.74) is 10.7. The van der Waals surface area contributed by atoms with Crippen LogP contribution in [0.15, 0.2) is 18.2 Å². The molecule has 0 saturated carbocycles. The maximum Gasteiger partial charge on any atom is 0.0321 e. The van der Waals surface area contributed by atoms with Gasteiger partial charge < -0.3 is 5.73 Å². The molecule has 3 heteroatoms. The molecule has 106 valence electrons. The molecule has 0 aromatic heterocycles. The van der Waals surface area contributed by atoms with Crippen LogP contribution in [0.4, 0.5) is 0 Å². The third-order valence-electron chi connectivity index (χ3n) is 3.88. The molecule has 1 aromatic carbocycles. The summed E-state index contributed by atoms with van der Waals surface area (Å²) in [5.74, 6) is 2.54. The molecule has 1 nitrogen and oxygen atoms in total. The van der Waals surface area contributed by atoms with E-state index in [0.717, 1.165) is 11.7 Å². The number of rotatable bonds is 4. The van der Waals surface area contributed by atoms with Gasteiger partial charge in [0.15, 0.2) is 0 Å². The summed E-state index contributed by atoms with van der Waals surface area (Å²) in [6.07, 6.45) is 2.26. The molecule has 0 aliphatic carbocycles. The van der Waals surface area contributed by atoms with Gasteiger partial charge in [0, 0.05) is 28.0 Å². The summed E-state index contributed by atoms with van der Waals surface area (Å²) >= 11 is 4.20. The highest BCUT2D eigenvalue weighted by Crippen LogP contribution is 2.35. The van der Waals surface area contributed by atoms with Crippen molar-refractivity contribution >= 4 is 23.5 Å². The van der Waals surface area contributed by atoms with Gasteiger partial charge in [-0.2, -0.15) is 23.5 Å². The van der Waals surface area contributed by atoms with Gasteiger partial charge in [0.25, 0.3) is 0 Å². The van der Waals surface area contributed by atoms with Gasteiger partial charge in [-0.05, 0) is 37.8 Å². The summed E-state index contributed by atoms with van der Waals surface area (Å²) in [6.45, 7) is 6.65. The maximum atomic E-state index is 6.53. The molecule has 1 saturated heterocycles. The van der Waals surface area contributed by atoms with Gasteiger partial charge >= 0.3 is 0 Å². The van der Waals surface area contributed by atoms with Crippen LogP contribution in [0.2, 0.25) is 0 Å². The Balaban J connectivity index is 2.06. The average molecular weight is 296 g/mol. The van der Waals surface area contributed by atoms with Crippen molar-refractivity contribution in [1.29, 1.82) is 0 Å². The van der Waals surface area contributed by atoms with Crippen LogP contribution in [-0.2, 0) is 6.42 Å². The van der Waals surface area contributed by atoms with Gasteiger partial charge in [-0.25, -0.2) is 0 Å². The lowest BCUT2D eigenvalue weighted by Gasteiger charge is -2.34. The fourth-order valence-corrected chi connectivity index (χ4v) is 5.92. The van der Waals surface area contributed by atoms with Gasteiger partial charge in [0.05, 0.1) is 0 Å². The molecule has 2 rings (SSSR count). The molecule has 3 unspecified atom stereocenters. The summed E-state index contributed by atoms with van der Waals surface area (Å²) in [4.78, 5) is 0. The molecule has 1 aromatic rings. The minimum atomic E-state index is 0.281. The number of thioether (sulfide) groups is 2. The molecule has 1 aliphatic heterocycles. The van der Waals surface area contributed by atoms with E-state index in [9.17, 15) is 0 Å². The Labute approximate surface area is 126 Å². The molecule has 0 spiro atoms. The summed E-state index contributed by atoms with van der Waals surface area (Å²) in [6, 6.07) is 6.99. The van der Waals surface area contributed by atoms with E-state index in [2.05, 4.69) is 62.5 Å². The van der Waals surface area contributed by atoms with Gasteiger partial charge in [0.2, 0.25) is 0 Å². The summed E-state index contributed by atoms with van der Waals surface area (Å²) in [5, 5.41) is 1.35. The molecule has 0 amide bonds. The first-order chi connectivity index (χ1) is 9.11. The first kappa shape index (κ1) is 15.3. The molecule has 0 bridgehead atoms. The minimum Gasteiger partial charge on any atom is -0.326 e. The Kier molecular flexibility index (Phi) is 5.67.